The standard InChI is InChI=1S/C18H25O2.C2H3.U/c1-2-3-4-6-14-9-10-17(18(20)12-14)16-8-5-7-15(11-16)13-19;1-2;/h9,11-12,16,19-20H,2-8,13H2,1H3;1H,2H2;/q2*-1;+2. The van der Waals surface area contributed by atoms with E-state index in [9.17, 15) is 10.2 Å². The maximum absolute atomic E-state index is 10.2. The number of aryl methyl sites for hydroxylation is 1. The number of aromatic hydroxyl groups is 1. The average molecular weight is 538 g/mol. The minimum atomic E-state index is 0. The van der Waals surface area contributed by atoms with Gasteiger partial charge >= 0.3 is 31.1 Å². The van der Waals surface area contributed by atoms with E-state index < -0.39 is 0 Å². The molecule has 1 atom stereocenters. The van der Waals surface area contributed by atoms with E-state index in [2.05, 4.69) is 32.2 Å². The number of phenols is 1. The van der Waals surface area contributed by atoms with Gasteiger partial charge in [-0.05, 0) is 30.8 Å². The fraction of sp³-hybridized carbons (Fsp3) is 0.500. The molecule has 1 aromatic rings. The van der Waals surface area contributed by atoms with Crippen LogP contribution in [0.2, 0.25) is 0 Å². The molecule has 1 aliphatic carbocycles. The SMILES string of the molecule is CCCCCc1c[c-]c(C2C=C(CO)CCC2)c(O)c1.[CH-]=C.[U+2]. The Morgan fingerprint density at radius 3 is 2.70 bits per heavy atom. The molecule has 2 nitrogen and oxygen atoms in total. The van der Waals surface area contributed by atoms with Crippen molar-refractivity contribution in [3.8, 4) is 5.75 Å². The summed E-state index contributed by atoms with van der Waals surface area (Å²) >= 11 is 0. The van der Waals surface area contributed by atoms with E-state index in [0.29, 0.717) is 5.75 Å². The van der Waals surface area contributed by atoms with Gasteiger partial charge in [-0.15, -0.1) is 11.6 Å². The van der Waals surface area contributed by atoms with Crippen molar-refractivity contribution in [1.82, 2.24) is 0 Å². The van der Waals surface area contributed by atoms with Gasteiger partial charge in [0.1, 0.15) is 0 Å². The predicted octanol–water partition coefficient (Wildman–Crippen LogP) is 4.72. The molecule has 0 saturated heterocycles. The zero-order valence-corrected chi connectivity index (χ0v) is 18.3. The summed E-state index contributed by atoms with van der Waals surface area (Å²) < 4.78 is 0. The second-order valence-electron chi connectivity index (χ2n) is 5.75. The molecule has 1 unspecified atom stereocenters. The van der Waals surface area contributed by atoms with E-state index in [0.717, 1.165) is 36.8 Å². The van der Waals surface area contributed by atoms with Gasteiger partial charge in [-0.1, -0.05) is 38.7 Å². The van der Waals surface area contributed by atoms with Crippen LogP contribution in [0.25, 0.3) is 0 Å². The molecule has 23 heavy (non-hydrogen) atoms. The Labute approximate surface area is 165 Å². The first-order chi connectivity index (χ1) is 10.7. The molecular weight excluding hydrogens is 510 g/mol. The number of unbranched alkanes of at least 4 members (excludes halogenated alkanes) is 2. The number of aliphatic hydroxyl groups is 1. The average Bonchev–Trinajstić information content (AvgIpc) is 2.57. The first-order valence-corrected chi connectivity index (χ1v) is 8.19. The monoisotopic (exact) mass is 538 g/mol. The molecule has 2 N–H and O–H groups in total. The molecule has 0 heterocycles. The topological polar surface area (TPSA) is 40.5 Å². The summed E-state index contributed by atoms with van der Waals surface area (Å²) in [7, 11) is 0. The molecule has 124 valence electrons. The van der Waals surface area contributed by atoms with Gasteiger partial charge in [-0.25, -0.2) is 0 Å². The van der Waals surface area contributed by atoms with E-state index >= 15 is 0 Å². The van der Waals surface area contributed by atoms with Gasteiger partial charge in [0, 0.05) is 5.75 Å². The van der Waals surface area contributed by atoms with E-state index in [1.807, 2.05) is 12.1 Å². The van der Waals surface area contributed by atoms with Crippen molar-refractivity contribution in [2.45, 2.75) is 57.8 Å². The van der Waals surface area contributed by atoms with E-state index in [4.69, 9.17) is 0 Å². The smallest absolute Gasteiger partial charge is 0.565 e. The van der Waals surface area contributed by atoms with Gasteiger partial charge in [0.25, 0.3) is 0 Å². The summed E-state index contributed by atoms with van der Waals surface area (Å²) in [5.74, 6) is 0.565. The largest absolute Gasteiger partial charge is 2.00 e. The van der Waals surface area contributed by atoms with Gasteiger partial charge in [-0.2, -0.15) is 17.7 Å². The van der Waals surface area contributed by atoms with Crippen molar-refractivity contribution in [2.75, 3.05) is 6.61 Å². The predicted molar refractivity (Wildman–Crippen MR) is 91.9 cm³/mol. The summed E-state index contributed by atoms with van der Waals surface area (Å²) in [5, 5.41) is 19.5. The third-order valence-electron chi connectivity index (χ3n) is 4.10. The van der Waals surface area contributed by atoms with Crippen LogP contribution in [0.4, 0.5) is 0 Å². The maximum atomic E-state index is 10.2. The third-order valence-corrected chi connectivity index (χ3v) is 4.10. The molecule has 2 rings (SSSR count). The van der Waals surface area contributed by atoms with Crippen LogP contribution in [0.1, 0.15) is 62.5 Å². The number of hydrogen-bond acceptors (Lipinski definition) is 2. The number of allylic oxidation sites excluding steroid dienone is 1. The Balaban J connectivity index is 0.00000155. The Morgan fingerprint density at radius 1 is 1.35 bits per heavy atom. The van der Waals surface area contributed by atoms with Gasteiger partial charge in [0.05, 0.1) is 6.61 Å². The summed E-state index contributed by atoms with van der Waals surface area (Å²) in [6, 6.07) is 7.18. The second kappa shape index (κ2) is 12.9. The maximum Gasteiger partial charge on any atom is 2.00 e. The summed E-state index contributed by atoms with van der Waals surface area (Å²) in [5.41, 5.74) is 3.14. The molecule has 1 aromatic carbocycles. The van der Waals surface area contributed by atoms with E-state index in [-0.39, 0.29) is 43.6 Å². The normalized spacial score (nSPS) is 16.6. The van der Waals surface area contributed by atoms with Crippen LogP contribution < -0.4 is 0 Å². The summed E-state index contributed by atoms with van der Waals surface area (Å²) in [6.45, 7) is 9.33. The molecule has 0 aliphatic heterocycles. The van der Waals surface area contributed by atoms with Crippen LogP contribution in [0.5, 0.6) is 5.75 Å². The van der Waals surface area contributed by atoms with Crippen LogP contribution in [0.15, 0.2) is 30.4 Å². The minimum absolute atomic E-state index is 0. The minimum Gasteiger partial charge on any atom is -0.565 e. The fourth-order valence-electron chi connectivity index (χ4n) is 2.92. The molecular formula is C20H28O2U. The van der Waals surface area contributed by atoms with Gasteiger partial charge in [0.2, 0.25) is 0 Å². The first kappa shape index (κ1) is 22.5. The quantitative estimate of drug-likeness (QED) is 0.313. The van der Waals surface area contributed by atoms with Crippen LogP contribution in [0, 0.1) is 43.8 Å². The molecule has 0 fully saturated rings. The molecule has 0 aromatic heterocycles. The fourth-order valence-corrected chi connectivity index (χ4v) is 2.92. The van der Waals surface area contributed by atoms with Crippen molar-refractivity contribution >= 4 is 0 Å². The summed E-state index contributed by atoms with van der Waals surface area (Å²) in [4.78, 5) is 0. The van der Waals surface area contributed by atoms with Crippen molar-refractivity contribution in [1.29, 1.82) is 0 Å². The zero-order valence-electron chi connectivity index (χ0n) is 14.1. The third kappa shape index (κ3) is 7.29. The van der Waals surface area contributed by atoms with Crippen molar-refractivity contribution in [2.24, 2.45) is 0 Å². The van der Waals surface area contributed by atoms with E-state index in [1.165, 1.54) is 24.8 Å². The van der Waals surface area contributed by atoms with Gasteiger partial charge < -0.3 is 16.8 Å². The zero-order chi connectivity index (χ0) is 16.4. The molecule has 0 amide bonds. The van der Waals surface area contributed by atoms with Crippen molar-refractivity contribution < 1.29 is 41.3 Å². The van der Waals surface area contributed by atoms with Crippen LogP contribution in [-0.2, 0) is 6.42 Å². The molecule has 3 heteroatoms. The van der Waals surface area contributed by atoms with Crippen molar-refractivity contribution in [3.05, 3.63) is 54.1 Å². The number of benzene rings is 1. The van der Waals surface area contributed by atoms with Crippen LogP contribution in [-0.4, -0.2) is 16.8 Å². The number of rotatable bonds is 6. The Hall–Kier alpha value is -0.488. The Morgan fingerprint density at radius 2 is 2.09 bits per heavy atom. The van der Waals surface area contributed by atoms with Gasteiger partial charge in [0.15, 0.2) is 0 Å². The number of hydrogen-bond donors (Lipinski definition) is 2. The first-order valence-electron chi connectivity index (χ1n) is 8.19. The van der Waals surface area contributed by atoms with Crippen molar-refractivity contribution in [3.63, 3.8) is 0 Å². The molecule has 0 bridgehead atoms. The molecule has 0 radical (unpaired) electrons. The Bertz CT molecular complexity index is 483. The molecule has 1 aliphatic rings. The number of phenolic OH excluding ortho intramolecular Hbond substituents is 1. The van der Waals surface area contributed by atoms with Crippen LogP contribution >= 0.6 is 0 Å². The molecule has 0 saturated carbocycles. The van der Waals surface area contributed by atoms with Gasteiger partial charge in [-0.3, -0.25) is 6.58 Å². The molecule has 0 spiro atoms. The summed E-state index contributed by atoms with van der Waals surface area (Å²) in [6.07, 6.45) is 9.81. The van der Waals surface area contributed by atoms with E-state index in [1.54, 1.807) is 0 Å². The number of aliphatic hydroxyl groups excluding tert-OH is 1. The Kier molecular flexibility index (Phi) is 12.6. The van der Waals surface area contributed by atoms with Crippen LogP contribution in [0.3, 0.4) is 0 Å². The second-order valence-corrected chi connectivity index (χ2v) is 5.75.